The third-order valence-corrected chi connectivity index (χ3v) is 5.35. The maximum Gasteiger partial charge on any atom is 0.316 e. The van der Waals surface area contributed by atoms with E-state index in [1.54, 1.807) is 4.90 Å². The van der Waals surface area contributed by atoms with Crippen LogP contribution in [-0.4, -0.2) is 47.3 Å². The van der Waals surface area contributed by atoms with Crippen molar-refractivity contribution in [3.8, 4) is 0 Å². The largest absolute Gasteiger partial charge is 0.339 e. The number of rotatable bonds is 1. The topological polar surface area (TPSA) is 40.6 Å². The van der Waals surface area contributed by atoms with Gasteiger partial charge in [0.05, 0.1) is 0 Å². The van der Waals surface area contributed by atoms with E-state index >= 15 is 0 Å². The molecule has 0 spiro atoms. The lowest BCUT2D eigenvalue weighted by Crippen LogP contribution is -2.50. The van der Waals surface area contributed by atoms with Gasteiger partial charge in [-0.1, -0.05) is 27.7 Å². The Balaban J connectivity index is 1.96. The molecule has 0 atom stereocenters. The molecule has 2 amide bonds. The van der Waals surface area contributed by atoms with Gasteiger partial charge >= 0.3 is 5.37 Å². The molecule has 0 aromatic heterocycles. The Morgan fingerprint density at radius 2 is 1.33 bits per heavy atom. The highest BCUT2D eigenvalue weighted by Crippen LogP contribution is 2.68. The second kappa shape index (κ2) is 4.12. The fourth-order valence-electron chi connectivity index (χ4n) is 3.10. The van der Waals surface area contributed by atoms with Crippen LogP contribution in [0.5, 0.6) is 0 Å². The predicted octanol–water partition coefficient (Wildman–Crippen LogP) is 2.17. The molecule has 0 radical (unpaired) electrons. The van der Waals surface area contributed by atoms with Gasteiger partial charge in [0.2, 0.25) is 5.91 Å². The van der Waals surface area contributed by atoms with Crippen LogP contribution in [0.2, 0.25) is 0 Å². The Hall–Kier alpha value is -0.770. The number of hydrogen-bond acceptors (Lipinski definition) is 2. The van der Waals surface area contributed by atoms with Gasteiger partial charge in [0, 0.05) is 32.1 Å². The summed E-state index contributed by atoms with van der Waals surface area (Å²) in [5, 5.41) is -0.422. The van der Waals surface area contributed by atoms with Crippen molar-refractivity contribution in [1.29, 1.82) is 0 Å². The molecule has 5 heteroatoms. The van der Waals surface area contributed by atoms with Gasteiger partial charge in [-0.2, -0.15) is 0 Å². The molecule has 18 heavy (non-hydrogen) atoms. The summed E-state index contributed by atoms with van der Waals surface area (Å²) in [4.78, 5) is 26.9. The first kappa shape index (κ1) is 13.7. The molecule has 1 aliphatic carbocycles. The van der Waals surface area contributed by atoms with Gasteiger partial charge in [0.1, 0.15) is 0 Å². The lowest BCUT2D eigenvalue weighted by atomic mass is 10.0. The van der Waals surface area contributed by atoms with E-state index < -0.39 is 5.37 Å². The average molecular weight is 273 g/mol. The second-order valence-corrected chi connectivity index (χ2v) is 6.77. The lowest BCUT2D eigenvalue weighted by Gasteiger charge is -2.34. The van der Waals surface area contributed by atoms with Crippen LogP contribution < -0.4 is 0 Å². The van der Waals surface area contributed by atoms with Crippen LogP contribution in [0.3, 0.4) is 0 Å². The Morgan fingerprint density at radius 3 is 1.67 bits per heavy atom. The first-order valence-corrected chi connectivity index (χ1v) is 6.80. The summed E-state index contributed by atoms with van der Waals surface area (Å²) >= 11 is 5.43. The molecule has 0 unspecified atom stereocenters. The van der Waals surface area contributed by atoms with Crippen LogP contribution >= 0.6 is 11.6 Å². The Kier molecular flexibility index (Phi) is 3.13. The lowest BCUT2D eigenvalue weighted by molar-refractivity contribution is -0.135. The van der Waals surface area contributed by atoms with E-state index in [2.05, 4.69) is 27.7 Å². The molecule has 2 fully saturated rings. The molecular formula is C13H21ClN2O2. The van der Waals surface area contributed by atoms with Crippen molar-refractivity contribution in [2.75, 3.05) is 26.2 Å². The fraction of sp³-hybridized carbons (Fsp3) is 0.846. The van der Waals surface area contributed by atoms with Gasteiger partial charge in [-0.05, 0) is 22.4 Å². The van der Waals surface area contributed by atoms with E-state index in [9.17, 15) is 9.59 Å². The Morgan fingerprint density at radius 1 is 0.944 bits per heavy atom. The quantitative estimate of drug-likeness (QED) is 0.542. The van der Waals surface area contributed by atoms with E-state index in [1.807, 2.05) is 4.90 Å². The molecule has 1 saturated heterocycles. The minimum absolute atomic E-state index is 0.0729. The van der Waals surface area contributed by atoms with Crippen LogP contribution in [0.4, 0.5) is 4.79 Å². The normalized spacial score (nSPS) is 26.1. The molecule has 0 aromatic rings. The van der Waals surface area contributed by atoms with E-state index in [0.717, 1.165) is 0 Å². The number of hydrogen-bond donors (Lipinski definition) is 0. The number of piperazine rings is 1. The molecule has 1 aliphatic heterocycles. The van der Waals surface area contributed by atoms with Crippen molar-refractivity contribution in [1.82, 2.24) is 9.80 Å². The van der Waals surface area contributed by atoms with Gasteiger partial charge in [-0.25, -0.2) is 0 Å². The van der Waals surface area contributed by atoms with Crippen molar-refractivity contribution in [3.63, 3.8) is 0 Å². The number of carbonyl (C=O) groups excluding carboxylic acids is 2. The first-order chi connectivity index (χ1) is 8.19. The van der Waals surface area contributed by atoms with Gasteiger partial charge in [-0.15, -0.1) is 0 Å². The van der Waals surface area contributed by atoms with Crippen molar-refractivity contribution in [3.05, 3.63) is 0 Å². The Labute approximate surface area is 113 Å². The van der Waals surface area contributed by atoms with Crippen molar-refractivity contribution in [2.24, 2.45) is 16.7 Å². The minimum atomic E-state index is -0.422. The third kappa shape index (κ3) is 1.91. The molecule has 0 N–H and O–H groups in total. The van der Waals surface area contributed by atoms with Crippen LogP contribution in [0.15, 0.2) is 0 Å². The zero-order valence-electron chi connectivity index (χ0n) is 11.5. The van der Waals surface area contributed by atoms with Crippen LogP contribution in [0.1, 0.15) is 27.7 Å². The molecular weight excluding hydrogens is 252 g/mol. The first-order valence-electron chi connectivity index (χ1n) is 6.43. The van der Waals surface area contributed by atoms with Gasteiger partial charge < -0.3 is 9.80 Å². The SMILES string of the molecule is CC1(C)C(C(=O)N2CCN(C(=O)Cl)CC2)C1(C)C. The zero-order valence-corrected chi connectivity index (χ0v) is 12.3. The molecule has 0 aromatic carbocycles. The molecule has 0 bridgehead atoms. The maximum absolute atomic E-state index is 12.5. The highest BCUT2D eigenvalue weighted by atomic mass is 35.5. The van der Waals surface area contributed by atoms with E-state index in [-0.39, 0.29) is 22.7 Å². The number of halogens is 1. The molecule has 102 valence electrons. The molecule has 2 rings (SSSR count). The summed E-state index contributed by atoms with van der Waals surface area (Å²) in [6.07, 6.45) is 0. The second-order valence-electron chi connectivity index (χ2n) is 6.44. The standard InChI is InChI=1S/C13H21ClN2O2/c1-12(2)9(13(12,3)4)10(17)15-5-7-16(8-6-15)11(14)18/h9H,5-8H2,1-4H3. The molecule has 4 nitrogen and oxygen atoms in total. The molecule has 1 heterocycles. The van der Waals surface area contributed by atoms with E-state index in [1.165, 1.54) is 0 Å². The minimum Gasteiger partial charge on any atom is -0.339 e. The smallest absolute Gasteiger partial charge is 0.316 e. The average Bonchev–Trinajstić information content (AvgIpc) is 2.69. The monoisotopic (exact) mass is 272 g/mol. The van der Waals surface area contributed by atoms with Crippen LogP contribution in [-0.2, 0) is 4.79 Å². The van der Waals surface area contributed by atoms with Crippen LogP contribution in [0.25, 0.3) is 0 Å². The number of nitrogens with zero attached hydrogens (tertiary/aromatic N) is 2. The Bertz CT molecular complexity index is 370. The predicted molar refractivity (Wildman–Crippen MR) is 70.5 cm³/mol. The van der Waals surface area contributed by atoms with Crippen LogP contribution in [0, 0.1) is 16.7 Å². The summed E-state index contributed by atoms with van der Waals surface area (Å²) in [7, 11) is 0. The summed E-state index contributed by atoms with van der Waals surface area (Å²) in [6.45, 7) is 10.9. The van der Waals surface area contributed by atoms with E-state index in [0.29, 0.717) is 26.2 Å². The summed E-state index contributed by atoms with van der Waals surface area (Å²) in [5.41, 5.74) is 0.146. The summed E-state index contributed by atoms with van der Waals surface area (Å²) < 4.78 is 0. The number of amides is 2. The van der Waals surface area contributed by atoms with Gasteiger partial charge in [0.15, 0.2) is 0 Å². The zero-order chi connectivity index (χ0) is 13.7. The number of carbonyl (C=O) groups is 2. The van der Waals surface area contributed by atoms with Crippen molar-refractivity contribution >= 4 is 22.9 Å². The summed E-state index contributed by atoms with van der Waals surface area (Å²) in [5.74, 6) is 0.329. The third-order valence-electron chi connectivity index (χ3n) is 5.11. The van der Waals surface area contributed by atoms with Crippen molar-refractivity contribution in [2.45, 2.75) is 27.7 Å². The molecule has 1 saturated carbocycles. The van der Waals surface area contributed by atoms with Gasteiger partial charge in [-0.3, -0.25) is 9.59 Å². The van der Waals surface area contributed by atoms with E-state index in [4.69, 9.17) is 11.6 Å². The van der Waals surface area contributed by atoms with Crippen molar-refractivity contribution < 1.29 is 9.59 Å². The highest BCUT2D eigenvalue weighted by molar-refractivity contribution is 6.62. The fourth-order valence-corrected chi connectivity index (χ4v) is 3.27. The summed E-state index contributed by atoms with van der Waals surface area (Å²) in [6, 6.07) is 0. The maximum atomic E-state index is 12.5. The highest BCUT2D eigenvalue weighted by Gasteiger charge is 2.68. The van der Waals surface area contributed by atoms with Gasteiger partial charge in [0.25, 0.3) is 0 Å². The molecule has 2 aliphatic rings.